The summed E-state index contributed by atoms with van der Waals surface area (Å²) >= 11 is 5.33. The number of nitrogens with zero attached hydrogens (tertiary/aromatic N) is 1. The number of carbonyl (C=O) groups excluding carboxylic acids is 1. The van der Waals surface area contributed by atoms with Gasteiger partial charge in [0.2, 0.25) is 5.89 Å². The average molecular weight is 474 g/mol. The van der Waals surface area contributed by atoms with Gasteiger partial charge in [-0.05, 0) is 84.6 Å². The molecular weight excluding hydrogens is 446 g/mol. The fourth-order valence-electron chi connectivity index (χ4n) is 3.74. The molecule has 0 unspecified atom stereocenters. The molecule has 0 spiro atoms. The Morgan fingerprint density at radius 1 is 1.03 bits per heavy atom. The van der Waals surface area contributed by atoms with Gasteiger partial charge in [-0.3, -0.25) is 10.1 Å². The van der Waals surface area contributed by atoms with E-state index in [1.165, 1.54) is 6.07 Å². The van der Waals surface area contributed by atoms with Crippen molar-refractivity contribution in [2.75, 3.05) is 5.32 Å². The van der Waals surface area contributed by atoms with Crippen molar-refractivity contribution in [3.05, 3.63) is 76.9 Å². The molecule has 4 rings (SSSR count). The molecule has 0 bridgehead atoms. The van der Waals surface area contributed by atoms with Gasteiger partial charge in [-0.1, -0.05) is 39.0 Å². The first-order valence-electron chi connectivity index (χ1n) is 11.0. The Kier molecular flexibility index (Phi) is 6.15. The van der Waals surface area contributed by atoms with Gasteiger partial charge in [-0.25, -0.2) is 4.98 Å². The fourth-order valence-corrected chi connectivity index (χ4v) is 3.95. The van der Waals surface area contributed by atoms with Gasteiger partial charge < -0.3 is 14.8 Å². The van der Waals surface area contributed by atoms with Gasteiger partial charge in [0.15, 0.2) is 10.7 Å². The van der Waals surface area contributed by atoms with Crippen LogP contribution >= 0.6 is 12.2 Å². The highest BCUT2D eigenvalue weighted by molar-refractivity contribution is 7.80. The Labute approximate surface area is 204 Å². The van der Waals surface area contributed by atoms with Crippen LogP contribution in [0.4, 0.5) is 5.69 Å². The van der Waals surface area contributed by atoms with Crippen molar-refractivity contribution in [1.82, 2.24) is 10.3 Å². The van der Waals surface area contributed by atoms with E-state index < -0.39 is 0 Å². The number of aromatic hydroxyl groups is 1. The van der Waals surface area contributed by atoms with Gasteiger partial charge >= 0.3 is 0 Å². The van der Waals surface area contributed by atoms with Crippen LogP contribution in [0.5, 0.6) is 5.75 Å². The van der Waals surface area contributed by atoms with E-state index in [0.717, 1.165) is 22.2 Å². The van der Waals surface area contributed by atoms with E-state index in [1.807, 2.05) is 38.1 Å². The predicted octanol–water partition coefficient (Wildman–Crippen LogP) is 6.24. The Hall–Kier alpha value is -3.71. The van der Waals surface area contributed by atoms with Crippen molar-refractivity contribution in [2.24, 2.45) is 0 Å². The fraction of sp³-hybridized carbons (Fsp3) is 0.222. The molecule has 0 saturated heterocycles. The second-order valence-electron chi connectivity index (χ2n) is 9.42. The summed E-state index contributed by atoms with van der Waals surface area (Å²) in [7, 11) is 0. The van der Waals surface area contributed by atoms with Gasteiger partial charge in [0.25, 0.3) is 5.91 Å². The zero-order valence-electron chi connectivity index (χ0n) is 19.8. The van der Waals surface area contributed by atoms with Crippen LogP contribution in [0.15, 0.2) is 59.0 Å². The van der Waals surface area contributed by atoms with E-state index in [4.69, 9.17) is 16.6 Å². The minimum Gasteiger partial charge on any atom is -0.507 e. The minimum absolute atomic E-state index is 0.00859. The molecule has 6 nitrogen and oxygen atoms in total. The maximum Gasteiger partial charge on any atom is 0.257 e. The van der Waals surface area contributed by atoms with Crippen molar-refractivity contribution in [2.45, 2.75) is 40.0 Å². The number of amides is 1. The number of carbonyl (C=O) groups is 1. The highest BCUT2D eigenvalue weighted by Gasteiger charge is 2.17. The Morgan fingerprint density at radius 2 is 1.74 bits per heavy atom. The summed E-state index contributed by atoms with van der Waals surface area (Å²) in [5, 5.41) is 16.2. The summed E-state index contributed by atoms with van der Waals surface area (Å²) < 4.78 is 5.94. The zero-order chi connectivity index (χ0) is 24.6. The lowest BCUT2D eigenvalue weighted by molar-refractivity contribution is 0.0977. The van der Waals surface area contributed by atoms with E-state index in [0.29, 0.717) is 28.3 Å². The third-order valence-electron chi connectivity index (χ3n) is 5.55. The van der Waals surface area contributed by atoms with Gasteiger partial charge in [0.1, 0.15) is 11.3 Å². The molecule has 0 aliphatic rings. The standard InChI is InChI=1S/C27H27N3O3S/c1-15-12-16(2)23-21(13-15)29-25(33-23)20-14-19(10-11-22(20)31)28-26(34)30-24(32)17-6-8-18(9-7-17)27(3,4)5/h6-14,31H,1-5H3,(H2,28,30,32,34). The first kappa shape index (κ1) is 23.4. The molecule has 0 saturated carbocycles. The van der Waals surface area contributed by atoms with Crippen LogP contribution in [0, 0.1) is 13.8 Å². The lowest BCUT2D eigenvalue weighted by atomic mass is 9.87. The number of aryl methyl sites for hydroxylation is 2. The van der Waals surface area contributed by atoms with Crippen molar-refractivity contribution in [3.63, 3.8) is 0 Å². The van der Waals surface area contributed by atoms with Crippen molar-refractivity contribution < 1.29 is 14.3 Å². The lowest BCUT2D eigenvalue weighted by Crippen LogP contribution is -2.34. The summed E-state index contributed by atoms with van der Waals surface area (Å²) in [6.45, 7) is 10.3. The molecule has 34 heavy (non-hydrogen) atoms. The normalized spacial score (nSPS) is 11.4. The maximum absolute atomic E-state index is 12.6. The monoisotopic (exact) mass is 473 g/mol. The number of aromatic nitrogens is 1. The van der Waals surface area contributed by atoms with Crippen LogP contribution < -0.4 is 10.6 Å². The summed E-state index contributed by atoms with van der Waals surface area (Å²) in [5.74, 6) is 0.0286. The van der Waals surface area contributed by atoms with E-state index >= 15 is 0 Å². The summed E-state index contributed by atoms with van der Waals surface area (Å²) in [6.07, 6.45) is 0. The van der Waals surface area contributed by atoms with Crippen LogP contribution in [0.2, 0.25) is 0 Å². The molecule has 3 N–H and O–H groups in total. The molecule has 4 aromatic rings. The number of anilines is 1. The van der Waals surface area contributed by atoms with Crippen LogP contribution in [-0.4, -0.2) is 21.1 Å². The highest BCUT2D eigenvalue weighted by Crippen LogP contribution is 2.34. The van der Waals surface area contributed by atoms with E-state index in [1.54, 1.807) is 24.3 Å². The molecule has 1 amide bonds. The molecule has 3 aromatic carbocycles. The molecule has 0 aliphatic heterocycles. The van der Waals surface area contributed by atoms with E-state index in [9.17, 15) is 9.90 Å². The maximum atomic E-state index is 12.6. The lowest BCUT2D eigenvalue weighted by Gasteiger charge is -2.19. The molecule has 1 aromatic heterocycles. The molecule has 0 fully saturated rings. The highest BCUT2D eigenvalue weighted by atomic mass is 32.1. The topological polar surface area (TPSA) is 87.4 Å². The van der Waals surface area contributed by atoms with Crippen molar-refractivity contribution in [1.29, 1.82) is 0 Å². The Bertz CT molecular complexity index is 1400. The molecule has 0 atom stereocenters. The number of hydrogen-bond donors (Lipinski definition) is 3. The van der Waals surface area contributed by atoms with E-state index in [2.05, 4.69) is 36.4 Å². The molecule has 174 valence electrons. The molecule has 0 aliphatic carbocycles. The quantitative estimate of drug-likeness (QED) is 0.241. The summed E-state index contributed by atoms with van der Waals surface area (Å²) in [5.41, 5.74) is 6.13. The predicted molar refractivity (Wildman–Crippen MR) is 139 cm³/mol. The molecule has 1 heterocycles. The Balaban J connectivity index is 1.50. The second-order valence-corrected chi connectivity index (χ2v) is 9.82. The van der Waals surface area contributed by atoms with Gasteiger partial charge in [0.05, 0.1) is 5.56 Å². The second kappa shape index (κ2) is 8.91. The Morgan fingerprint density at radius 3 is 2.41 bits per heavy atom. The number of phenolic OH excluding ortho intramolecular Hbond substituents is 1. The summed E-state index contributed by atoms with van der Waals surface area (Å²) in [6, 6.07) is 16.3. The van der Waals surface area contributed by atoms with E-state index in [-0.39, 0.29) is 22.2 Å². The minimum atomic E-state index is -0.304. The number of phenols is 1. The van der Waals surface area contributed by atoms with Crippen molar-refractivity contribution >= 4 is 40.0 Å². The number of rotatable bonds is 3. The SMILES string of the molecule is Cc1cc(C)c2oc(-c3cc(NC(=S)NC(=O)c4ccc(C(C)(C)C)cc4)ccc3O)nc2c1. The number of benzene rings is 3. The van der Waals surface area contributed by atoms with Crippen LogP contribution in [0.25, 0.3) is 22.6 Å². The molecule has 0 radical (unpaired) electrons. The molecule has 7 heteroatoms. The first-order valence-corrected chi connectivity index (χ1v) is 11.4. The number of fused-ring (bicyclic) bond motifs is 1. The number of oxazole rings is 1. The third-order valence-corrected chi connectivity index (χ3v) is 5.75. The third kappa shape index (κ3) is 4.94. The van der Waals surface area contributed by atoms with Crippen molar-refractivity contribution in [3.8, 4) is 17.2 Å². The first-order chi connectivity index (χ1) is 16.0. The van der Waals surface area contributed by atoms with Gasteiger partial charge in [-0.2, -0.15) is 0 Å². The van der Waals surface area contributed by atoms with Gasteiger partial charge in [0, 0.05) is 11.3 Å². The largest absolute Gasteiger partial charge is 0.507 e. The average Bonchev–Trinajstić information content (AvgIpc) is 3.18. The van der Waals surface area contributed by atoms with Gasteiger partial charge in [-0.15, -0.1) is 0 Å². The number of thiocarbonyl (C=S) groups is 1. The number of hydrogen-bond acceptors (Lipinski definition) is 5. The van der Waals surface area contributed by atoms with Crippen LogP contribution in [-0.2, 0) is 5.41 Å². The summed E-state index contributed by atoms with van der Waals surface area (Å²) in [4.78, 5) is 17.1. The van der Waals surface area contributed by atoms with Crippen LogP contribution in [0.1, 0.15) is 47.8 Å². The molecular formula is C27H27N3O3S. The van der Waals surface area contributed by atoms with Crippen LogP contribution in [0.3, 0.4) is 0 Å². The number of nitrogens with one attached hydrogen (secondary N) is 2. The zero-order valence-corrected chi connectivity index (χ0v) is 20.6. The smallest absolute Gasteiger partial charge is 0.257 e.